The Morgan fingerprint density at radius 2 is 1.89 bits per heavy atom. The number of imide groups is 1. The molecule has 5 nitrogen and oxygen atoms in total. The molecule has 0 bridgehead atoms. The summed E-state index contributed by atoms with van der Waals surface area (Å²) in [6, 6.07) is -0.314. The molecule has 1 heterocycles. The number of hydrogen-bond acceptors (Lipinski definition) is 3. The summed E-state index contributed by atoms with van der Waals surface area (Å²) in [6.07, 6.45) is 0.647. The van der Waals surface area contributed by atoms with Crippen molar-refractivity contribution in [3.8, 4) is 0 Å². The lowest BCUT2D eigenvalue weighted by Crippen LogP contribution is -2.45. The van der Waals surface area contributed by atoms with Gasteiger partial charge in [0.2, 0.25) is 0 Å². The van der Waals surface area contributed by atoms with Crippen LogP contribution in [0, 0.1) is 5.92 Å². The second kappa shape index (κ2) is 5.49. The van der Waals surface area contributed by atoms with Gasteiger partial charge in [-0.25, -0.2) is 4.79 Å². The molecule has 0 spiro atoms. The fraction of sp³-hybridized carbons (Fsp3) is 0.857. The summed E-state index contributed by atoms with van der Waals surface area (Å²) in [4.78, 5) is 25.4. The van der Waals surface area contributed by atoms with Crippen LogP contribution in [-0.2, 0) is 9.53 Å². The highest BCUT2D eigenvalue weighted by atomic mass is 16.5. The van der Waals surface area contributed by atoms with Crippen LogP contribution >= 0.6 is 0 Å². The number of nitrogens with one attached hydrogen (secondary N) is 1. The Morgan fingerprint density at radius 3 is 2.37 bits per heavy atom. The summed E-state index contributed by atoms with van der Waals surface area (Å²) < 4.78 is 5.56. The van der Waals surface area contributed by atoms with Crippen molar-refractivity contribution in [3.63, 3.8) is 0 Å². The molecule has 1 aliphatic heterocycles. The minimum absolute atomic E-state index is 0.149. The number of ether oxygens (including phenoxy) is 1. The lowest BCUT2D eigenvalue weighted by molar-refractivity contribution is -0.132. The average Bonchev–Trinajstić information content (AvgIpc) is 2.38. The SMILES string of the molecule is CC(C)C[C@]1(C)NC(=O)N(CCOC(C)(C)C)C1=O. The first kappa shape index (κ1) is 16.0. The highest BCUT2D eigenvalue weighted by Gasteiger charge is 2.47. The molecule has 1 fully saturated rings. The van der Waals surface area contributed by atoms with Crippen molar-refractivity contribution >= 4 is 11.9 Å². The number of rotatable bonds is 5. The van der Waals surface area contributed by atoms with E-state index in [9.17, 15) is 9.59 Å². The van der Waals surface area contributed by atoms with Crippen LogP contribution < -0.4 is 5.32 Å². The van der Waals surface area contributed by atoms with E-state index in [1.807, 2.05) is 34.6 Å². The van der Waals surface area contributed by atoms with Crippen LogP contribution in [0.1, 0.15) is 48.0 Å². The Bertz CT molecular complexity index is 360. The number of amides is 3. The summed E-state index contributed by atoms with van der Waals surface area (Å²) in [5.74, 6) is 0.198. The van der Waals surface area contributed by atoms with Crippen molar-refractivity contribution in [1.29, 1.82) is 0 Å². The molecule has 1 atom stereocenters. The van der Waals surface area contributed by atoms with Gasteiger partial charge in [-0.05, 0) is 40.0 Å². The Kier molecular flexibility index (Phi) is 4.61. The minimum Gasteiger partial charge on any atom is -0.374 e. The van der Waals surface area contributed by atoms with E-state index in [1.54, 1.807) is 6.92 Å². The van der Waals surface area contributed by atoms with Crippen molar-refractivity contribution < 1.29 is 14.3 Å². The molecule has 0 unspecified atom stereocenters. The highest BCUT2D eigenvalue weighted by Crippen LogP contribution is 2.24. The van der Waals surface area contributed by atoms with Crippen LogP contribution in [0.15, 0.2) is 0 Å². The summed E-state index contributed by atoms with van der Waals surface area (Å²) in [6.45, 7) is 12.4. The number of nitrogens with zero attached hydrogens (tertiary/aromatic N) is 1. The Hall–Kier alpha value is -1.10. The van der Waals surface area contributed by atoms with Crippen LogP contribution in [0.25, 0.3) is 0 Å². The molecule has 0 aromatic carbocycles. The molecule has 110 valence electrons. The average molecular weight is 270 g/mol. The predicted molar refractivity (Wildman–Crippen MR) is 73.8 cm³/mol. The lowest BCUT2D eigenvalue weighted by Gasteiger charge is -2.24. The van der Waals surface area contributed by atoms with E-state index in [0.717, 1.165) is 0 Å². The minimum atomic E-state index is -0.771. The third kappa shape index (κ3) is 4.20. The van der Waals surface area contributed by atoms with E-state index >= 15 is 0 Å². The number of carbonyl (C=O) groups is 2. The van der Waals surface area contributed by atoms with Crippen LogP contribution in [-0.4, -0.2) is 41.1 Å². The first-order valence-corrected chi connectivity index (χ1v) is 6.83. The molecule has 0 aromatic rings. The molecule has 3 amide bonds. The Labute approximate surface area is 115 Å². The third-order valence-electron chi connectivity index (χ3n) is 3.01. The monoisotopic (exact) mass is 270 g/mol. The Balaban J connectivity index is 2.61. The molecule has 0 radical (unpaired) electrons. The molecule has 0 saturated carbocycles. The number of urea groups is 1. The zero-order chi connectivity index (χ0) is 14.8. The highest BCUT2D eigenvalue weighted by molar-refractivity contribution is 6.06. The van der Waals surface area contributed by atoms with Crippen LogP contribution in [0.3, 0.4) is 0 Å². The Morgan fingerprint density at radius 1 is 1.32 bits per heavy atom. The lowest BCUT2D eigenvalue weighted by atomic mass is 9.91. The summed E-state index contributed by atoms with van der Waals surface area (Å²) in [5.41, 5.74) is -1.03. The van der Waals surface area contributed by atoms with Crippen molar-refractivity contribution in [2.75, 3.05) is 13.2 Å². The van der Waals surface area contributed by atoms with Gasteiger partial charge in [-0.2, -0.15) is 0 Å². The normalized spacial score (nSPS) is 24.3. The summed E-state index contributed by atoms with van der Waals surface area (Å²) in [7, 11) is 0. The largest absolute Gasteiger partial charge is 0.374 e. The smallest absolute Gasteiger partial charge is 0.325 e. The predicted octanol–water partition coefficient (Wildman–Crippen LogP) is 2.16. The molecule has 1 rings (SSSR count). The zero-order valence-corrected chi connectivity index (χ0v) is 12.9. The van der Waals surface area contributed by atoms with Crippen LogP contribution in [0.4, 0.5) is 4.79 Å². The van der Waals surface area contributed by atoms with Gasteiger partial charge in [-0.15, -0.1) is 0 Å². The van der Waals surface area contributed by atoms with Gasteiger partial charge in [0.05, 0.1) is 18.8 Å². The van der Waals surface area contributed by atoms with Crippen molar-refractivity contribution in [3.05, 3.63) is 0 Å². The van der Waals surface area contributed by atoms with Crippen LogP contribution in [0.5, 0.6) is 0 Å². The molecule has 1 aliphatic rings. The van der Waals surface area contributed by atoms with Gasteiger partial charge in [-0.1, -0.05) is 13.8 Å². The molecular weight excluding hydrogens is 244 g/mol. The number of hydrogen-bond donors (Lipinski definition) is 1. The van der Waals surface area contributed by atoms with E-state index in [-0.39, 0.29) is 17.5 Å². The molecule has 5 heteroatoms. The molecule has 0 aromatic heterocycles. The van der Waals surface area contributed by atoms with E-state index in [2.05, 4.69) is 5.32 Å². The van der Waals surface area contributed by atoms with Crippen molar-refractivity contribution in [1.82, 2.24) is 10.2 Å². The van der Waals surface area contributed by atoms with Gasteiger partial charge < -0.3 is 10.1 Å². The third-order valence-corrected chi connectivity index (χ3v) is 3.01. The van der Waals surface area contributed by atoms with Crippen molar-refractivity contribution in [2.45, 2.75) is 59.1 Å². The quantitative estimate of drug-likeness (QED) is 0.779. The van der Waals surface area contributed by atoms with Crippen molar-refractivity contribution in [2.24, 2.45) is 5.92 Å². The van der Waals surface area contributed by atoms with Crippen LogP contribution in [0.2, 0.25) is 0 Å². The fourth-order valence-corrected chi connectivity index (χ4v) is 2.35. The van der Waals surface area contributed by atoms with Gasteiger partial charge in [0.25, 0.3) is 5.91 Å². The summed E-state index contributed by atoms with van der Waals surface area (Å²) in [5, 5.41) is 2.79. The molecule has 1 N–H and O–H groups in total. The topological polar surface area (TPSA) is 58.6 Å². The van der Waals surface area contributed by atoms with E-state index in [0.29, 0.717) is 25.5 Å². The maximum Gasteiger partial charge on any atom is 0.325 e. The fourth-order valence-electron chi connectivity index (χ4n) is 2.35. The second-order valence-electron chi connectivity index (χ2n) is 6.78. The molecule has 19 heavy (non-hydrogen) atoms. The zero-order valence-electron chi connectivity index (χ0n) is 12.9. The first-order chi connectivity index (χ1) is 8.55. The van der Waals surface area contributed by atoms with Gasteiger partial charge in [0.1, 0.15) is 5.54 Å². The maximum atomic E-state index is 12.3. The second-order valence-corrected chi connectivity index (χ2v) is 6.78. The number of carbonyl (C=O) groups excluding carboxylic acids is 2. The molecule has 1 saturated heterocycles. The molecule has 0 aliphatic carbocycles. The van der Waals surface area contributed by atoms with E-state index < -0.39 is 5.54 Å². The first-order valence-electron chi connectivity index (χ1n) is 6.83. The van der Waals surface area contributed by atoms with Gasteiger partial charge in [0, 0.05) is 0 Å². The van der Waals surface area contributed by atoms with E-state index in [4.69, 9.17) is 4.74 Å². The van der Waals surface area contributed by atoms with Gasteiger partial charge >= 0.3 is 6.03 Å². The standard InChI is InChI=1S/C14H26N2O3/c1-10(2)9-14(6)11(17)16(12(18)15-14)7-8-19-13(3,4)5/h10H,7-9H2,1-6H3,(H,15,18)/t14-/m0/s1. The summed E-state index contributed by atoms with van der Waals surface area (Å²) >= 11 is 0. The maximum absolute atomic E-state index is 12.3. The van der Waals surface area contributed by atoms with Gasteiger partial charge in [-0.3, -0.25) is 9.69 Å². The van der Waals surface area contributed by atoms with E-state index in [1.165, 1.54) is 4.90 Å². The molecular formula is C14H26N2O3. The van der Waals surface area contributed by atoms with Gasteiger partial charge in [0.15, 0.2) is 0 Å².